The minimum atomic E-state index is -4.75. The zero-order valence-electron chi connectivity index (χ0n) is 28.7. The third kappa shape index (κ3) is 10.2. The van der Waals surface area contributed by atoms with Gasteiger partial charge in [-0.3, -0.25) is 9.59 Å². The van der Waals surface area contributed by atoms with Gasteiger partial charge in [-0.2, -0.15) is 13.2 Å². The number of alkyl halides is 3. The van der Waals surface area contributed by atoms with Gasteiger partial charge in [-0.25, -0.2) is 4.39 Å². The molecule has 2 amide bonds. The van der Waals surface area contributed by atoms with Gasteiger partial charge < -0.3 is 26.6 Å². The number of carbonyl (C=O) groups excluding carboxylic acids is 2. The molecular weight excluding hydrogens is 646 g/mol. The molecule has 266 valence electrons. The second kappa shape index (κ2) is 17.0. The SMILES string of the molecule is C=C(N)c1cc(N/C(=C\C(=C\CC)C(F)(F)F)C(=O)Nc2cc(C(CCC3CC3)N3C=CC(=O)N/C3=C\CCC)ccc2F)ccc1/C=C\C. The Morgan fingerprint density at radius 2 is 1.92 bits per heavy atom. The van der Waals surface area contributed by atoms with Crippen molar-refractivity contribution >= 4 is 35.0 Å². The molecular formula is C39H45F4N5O2. The summed E-state index contributed by atoms with van der Waals surface area (Å²) in [6, 6.07) is 8.91. The van der Waals surface area contributed by atoms with E-state index >= 15 is 4.39 Å². The molecule has 1 unspecified atom stereocenters. The maximum absolute atomic E-state index is 15.4. The fourth-order valence-electron chi connectivity index (χ4n) is 5.65. The Bertz CT molecular complexity index is 1730. The van der Waals surface area contributed by atoms with Gasteiger partial charge in [0.15, 0.2) is 0 Å². The Labute approximate surface area is 291 Å². The minimum absolute atomic E-state index is 0.0639. The average Bonchev–Trinajstić information content (AvgIpc) is 3.90. The third-order valence-corrected chi connectivity index (χ3v) is 8.37. The highest BCUT2D eigenvalue weighted by molar-refractivity contribution is 6.06. The Balaban J connectivity index is 1.73. The zero-order valence-corrected chi connectivity index (χ0v) is 28.7. The lowest BCUT2D eigenvalue weighted by atomic mass is 9.97. The molecule has 1 atom stereocenters. The molecule has 2 aromatic rings. The first-order valence-corrected chi connectivity index (χ1v) is 16.9. The number of halogens is 4. The van der Waals surface area contributed by atoms with E-state index in [2.05, 4.69) is 22.5 Å². The van der Waals surface area contributed by atoms with Crippen molar-refractivity contribution in [1.82, 2.24) is 10.2 Å². The number of amides is 2. The number of rotatable bonds is 15. The number of nitrogens with one attached hydrogen (secondary N) is 3. The second-order valence-corrected chi connectivity index (χ2v) is 12.4. The van der Waals surface area contributed by atoms with Gasteiger partial charge >= 0.3 is 6.18 Å². The molecule has 50 heavy (non-hydrogen) atoms. The monoisotopic (exact) mass is 691 g/mol. The number of hydrogen-bond donors (Lipinski definition) is 4. The molecule has 5 N–H and O–H groups in total. The molecule has 0 bridgehead atoms. The van der Waals surface area contributed by atoms with E-state index < -0.39 is 29.2 Å². The summed E-state index contributed by atoms with van der Waals surface area (Å²) in [5.74, 6) is -0.791. The smallest absolute Gasteiger partial charge is 0.399 e. The highest BCUT2D eigenvalue weighted by Gasteiger charge is 2.33. The van der Waals surface area contributed by atoms with Crippen LogP contribution in [0.2, 0.25) is 0 Å². The molecule has 4 rings (SSSR count). The predicted octanol–water partition coefficient (Wildman–Crippen LogP) is 9.44. The Morgan fingerprint density at radius 3 is 2.56 bits per heavy atom. The number of benzene rings is 2. The average molecular weight is 692 g/mol. The Kier molecular flexibility index (Phi) is 12.9. The summed E-state index contributed by atoms with van der Waals surface area (Å²) in [5, 5.41) is 8.22. The van der Waals surface area contributed by atoms with Crippen molar-refractivity contribution in [2.75, 3.05) is 10.6 Å². The molecule has 1 heterocycles. The number of hydrogen-bond acceptors (Lipinski definition) is 5. The molecule has 2 aromatic carbocycles. The molecule has 1 fully saturated rings. The lowest BCUT2D eigenvalue weighted by molar-refractivity contribution is -0.117. The Morgan fingerprint density at radius 1 is 1.16 bits per heavy atom. The van der Waals surface area contributed by atoms with Gasteiger partial charge in [-0.1, -0.05) is 70.0 Å². The van der Waals surface area contributed by atoms with Gasteiger partial charge in [0.1, 0.15) is 17.3 Å². The fraction of sp³-hybridized carbons (Fsp3) is 0.333. The number of allylic oxidation sites excluding steroid dienone is 5. The van der Waals surface area contributed by atoms with Gasteiger partial charge in [0.25, 0.3) is 11.8 Å². The second-order valence-electron chi connectivity index (χ2n) is 12.4. The molecule has 0 aromatic heterocycles. The van der Waals surface area contributed by atoms with Crippen LogP contribution >= 0.6 is 0 Å². The van der Waals surface area contributed by atoms with E-state index in [1.807, 2.05) is 24.8 Å². The number of unbranched alkanes of at least 4 members (excludes halogenated alkanes) is 1. The molecule has 11 heteroatoms. The molecule has 1 saturated carbocycles. The summed E-state index contributed by atoms with van der Waals surface area (Å²) in [7, 11) is 0. The highest BCUT2D eigenvalue weighted by Crippen LogP contribution is 2.40. The maximum atomic E-state index is 15.4. The molecule has 2 aliphatic rings. The van der Waals surface area contributed by atoms with E-state index in [9.17, 15) is 22.8 Å². The molecule has 0 radical (unpaired) electrons. The van der Waals surface area contributed by atoms with E-state index in [0.717, 1.165) is 43.7 Å². The van der Waals surface area contributed by atoms with Crippen LogP contribution in [0.15, 0.2) is 96.6 Å². The molecule has 7 nitrogen and oxygen atoms in total. The van der Waals surface area contributed by atoms with Crippen molar-refractivity contribution in [3.05, 3.63) is 119 Å². The zero-order chi connectivity index (χ0) is 36.4. The van der Waals surface area contributed by atoms with E-state index in [1.165, 1.54) is 18.2 Å². The van der Waals surface area contributed by atoms with Crippen molar-refractivity contribution in [3.8, 4) is 0 Å². The van der Waals surface area contributed by atoms with Crippen LogP contribution in [-0.2, 0) is 9.59 Å². The van der Waals surface area contributed by atoms with Crippen LogP contribution in [0.5, 0.6) is 0 Å². The summed E-state index contributed by atoms with van der Waals surface area (Å²) in [6.45, 7) is 9.20. The third-order valence-electron chi connectivity index (χ3n) is 8.37. The molecule has 0 spiro atoms. The van der Waals surface area contributed by atoms with E-state index in [0.29, 0.717) is 35.4 Å². The lowest BCUT2D eigenvalue weighted by Gasteiger charge is -2.35. The van der Waals surface area contributed by atoms with E-state index in [-0.39, 0.29) is 35.4 Å². The largest absolute Gasteiger partial charge is 0.416 e. The van der Waals surface area contributed by atoms with Gasteiger partial charge in [-0.15, -0.1) is 0 Å². The summed E-state index contributed by atoms with van der Waals surface area (Å²) in [4.78, 5) is 28.0. The summed E-state index contributed by atoms with van der Waals surface area (Å²) in [5.41, 5.74) is 6.72. The first-order valence-electron chi connectivity index (χ1n) is 16.9. The summed E-state index contributed by atoms with van der Waals surface area (Å²) < 4.78 is 57.5. The molecule has 0 saturated heterocycles. The van der Waals surface area contributed by atoms with Gasteiger partial charge in [0.2, 0.25) is 0 Å². The van der Waals surface area contributed by atoms with E-state index in [4.69, 9.17) is 5.73 Å². The first kappa shape index (κ1) is 37.8. The number of nitrogens with zero attached hydrogens (tertiary/aromatic N) is 1. The highest BCUT2D eigenvalue weighted by atomic mass is 19.4. The van der Waals surface area contributed by atoms with Crippen molar-refractivity contribution < 1.29 is 27.2 Å². The van der Waals surface area contributed by atoms with Gasteiger partial charge in [0.05, 0.1) is 17.3 Å². The summed E-state index contributed by atoms with van der Waals surface area (Å²) in [6.07, 6.45) is 11.1. The number of anilines is 2. The van der Waals surface area contributed by atoms with Crippen LogP contribution in [0, 0.1) is 11.7 Å². The minimum Gasteiger partial charge on any atom is -0.399 e. The topological polar surface area (TPSA) is 99.5 Å². The normalized spacial score (nSPS) is 16.9. The van der Waals surface area contributed by atoms with Crippen molar-refractivity contribution in [3.63, 3.8) is 0 Å². The number of carbonyl (C=O) groups is 2. The van der Waals surface area contributed by atoms with Crippen molar-refractivity contribution in [2.45, 2.75) is 77.9 Å². The van der Waals surface area contributed by atoms with Gasteiger partial charge in [-0.05, 0) is 86.1 Å². The van der Waals surface area contributed by atoms with Crippen LogP contribution in [0.4, 0.5) is 28.9 Å². The summed E-state index contributed by atoms with van der Waals surface area (Å²) >= 11 is 0. The fourth-order valence-corrected chi connectivity index (χ4v) is 5.65. The standard InChI is InChI=1S/C39H45F4N5O2/c1-5-8-11-36-47-37(49)20-21-48(36)35(19-14-26-12-13-26)28-16-18-32(40)33(22-28)46-38(50)34(23-29(10-7-3)39(41,42)43)45-30-17-15-27(9-6-2)31(24-30)25(4)44/h6,9-11,15-18,20-24,26,35,45H,4-5,7-8,12-14,19,44H2,1-3H3,(H,46,50)(H,47,49)/b9-6-,29-10-,34-23-,36-11+. The molecule has 1 aliphatic carbocycles. The van der Waals surface area contributed by atoms with Crippen LogP contribution in [0.1, 0.15) is 88.4 Å². The van der Waals surface area contributed by atoms with E-state index in [1.54, 1.807) is 49.5 Å². The predicted molar refractivity (Wildman–Crippen MR) is 192 cm³/mol. The maximum Gasteiger partial charge on any atom is 0.416 e. The van der Waals surface area contributed by atoms with Crippen molar-refractivity contribution in [1.29, 1.82) is 0 Å². The van der Waals surface area contributed by atoms with Crippen molar-refractivity contribution in [2.24, 2.45) is 11.7 Å². The van der Waals surface area contributed by atoms with Crippen LogP contribution in [-0.4, -0.2) is 22.9 Å². The Hall–Kier alpha value is -5.06. The first-order chi connectivity index (χ1) is 23.8. The lowest BCUT2D eigenvalue weighted by Crippen LogP contribution is -2.38. The van der Waals surface area contributed by atoms with Crippen LogP contribution in [0.3, 0.4) is 0 Å². The molecule has 1 aliphatic heterocycles. The quantitative estimate of drug-likeness (QED) is 0.0848. The van der Waals surface area contributed by atoms with Crippen LogP contribution < -0.4 is 21.7 Å². The number of nitrogens with two attached hydrogens (primary N) is 1. The van der Waals surface area contributed by atoms with Gasteiger partial charge in [0, 0.05) is 29.2 Å². The van der Waals surface area contributed by atoms with Crippen LogP contribution in [0.25, 0.3) is 11.8 Å².